The molecular formula is C23H20ClN3O2. The molecule has 0 saturated carbocycles. The maximum Gasteiger partial charge on any atom is 0.289 e. The lowest BCUT2D eigenvalue weighted by Gasteiger charge is -2.34. The summed E-state index contributed by atoms with van der Waals surface area (Å²) < 4.78 is 5.79. The number of amides is 1. The van der Waals surface area contributed by atoms with Gasteiger partial charge in [0.2, 0.25) is 0 Å². The molecule has 0 radical (unpaired) electrons. The molecule has 0 atom stereocenters. The summed E-state index contributed by atoms with van der Waals surface area (Å²) in [5, 5.41) is 9.55. The zero-order valence-corrected chi connectivity index (χ0v) is 16.6. The van der Waals surface area contributed by atoms with E-state index >= 15 is 0 Å². The van der Waals surface area contributed by atoms with Crippen molar-refractivity contribution in [2.24, 2.45) is 0 Å². The van der Waals surface area contributed by atoms with E-state index in [1.54, 1.807) is 18.2 Å². The van der Waals surface area contributed by atoms with E-state index in [9.17, 15) is 4.79 Å². The van der Waals surface area contributed by atoms with Gasteiger partial charge in [0.05, 0.1) is 11.6 Å². The van der Waals surface area contributed by atoms with Gasteiger partial charge < -0.3 is 9.32 Å². The third-order valence-electron chi connectivity index (χ3n) is 5.09. The van der Waals surface area contributed by atoms with Crippen molar-refractivity contribution < 1.29 is 9.21 Å². The molecule has 1 aliphatic rings. The Morgan fingerprint density at radius 1 is 0.966 bits per heavy atom. The van der Waals surface area contributed by atoms with Crippen molar-refractivity contribution in [3.05, 3.63) is 82.6 Å². The first-order valence-electron chi connectivity index (χ1n) is 9.49. The van der Waals surface area contributed by atoms with Gasteiger partial charge >= 0.3 is 0 Å². The summed E-state index contributed by atoms with van der Waals surface area (Å²) in [6, 6.07) is 20.7. The van der Waals surface area contributed by atoms with E-state index in [2.05, 4.69) is 11.0 Å². The van der Waals surface area contributed by atoms with Crippen LogP contribution in [0.5, 0.6) is 0 Å². The Kier molecular flexibility index (Phi) is 5.66. The highest BCUT2D eigenvalue weighted by molar-refractivity contribution is 6.30. The number of hydrogen-bond donors (Lipinski definition) is 0. The standard InChI is InChI=1S/C23H20ClN3O2/c24-20-7-5-19(6-8-20)21-9-10-22(29-21)23(28)27-13-11-26(12-14-27)16-18-3-1-17(15-25)2-4-18/h1-10H,11-14,16H2. The van der Waals surface area contributed by atoms with Crippen LogP contribution in [0.1, 0.15) is 21.7 Å². The normalized spacial score (nSPS) is 14.6. The van der Waals surface area contributed by atoms with E-state index in [1.807, 2.05) is 47.4 Å². The number of rotatable bonds is 4. The van der Waals surface area contributed by atoms with Crippen LogP contribution in [0.3, 0.4) is 0 Å². The minimum Gasteiger partial charge on any atom is -0.451 e. The van der Waals surface area contributed by atoms with Crippen LogP contribution in [-0.4, -0.2) is 41.9 Å². The Labute approximate surface area is 174 Å². The van der Waals surface area contributed by atoms with Crippen molar-refractivity contribution in [3.8, 4) is 17.4 Å². The molecule has 2 heterocycles. The fourth-order valence-corrected chi connectivity index (χ4v) is 3.56. The second kappa shape index (κ2) is 8.52. The molecular weight excluding hydrogens is 386 g/mol. The largest absolute Gasteiger partial charge is 0.451 e. The first kappa shape index (κ1) is 19.3. The van der Waals surface area contributed by atoms with E-state index < -0.39 is 0 Å². The molecule has 0 aliphatic carbocycles. The Bertz CT molecular complexity index is 1030. The van der Waals surface area contributed by atoms with E-state index in [1.165, 1.54) is 5.56 Å². The lowest BCUT2D eigenvalue weighted by atomic mass is 10.1. The fourth-order valence-electron chi connectivity index (χ4n) is 3.43. The topological polar surface area (TPSA) is 60.5 Å². The second-order valence-electron chi connectivity index (χ2n) is 7.05. The summed E-state index contributed by atoms with van der Waals surface area (Å²) in [5.74, 6) is 0.934. The molecule has 146 valence electrons. The van der Waals surface area contributed by atoms with E-state index in [0.29, 0.717) is 35.2 Å². The first-order chi connectivity index (χ1) is 14.1. The van der Waals surface area contributed by atoms with Gasteiger partial charge in [0.1, 0.15) is 5.76 Å². The quantitative estimate of drug-likeness (QED) is 0.644. The molecule has 1 aliphatic heterocycles. The third-order valence-corrected chi connectivity index (χ3v) is 5.35. The van der Waals surface area contributed by atoms with E-state index in [4.69, 9.17) is 21.3 Å². The van der Waals surface area contributed by atoms with Gasteiger partial charge in [-0.05, 0) is 54.1 Å². The predicted molar refractivity (Wildman–Crippen MR) is 111 cm³/mol. The zero-order valence-electron chi connectivity index (χ0n) is 15.8. The number of furan rings is 1. The van der Waals surface area contributed by atoms with Crippen LogP contribution in [0.4, 0.5) is 0 Å². The number of carbonyl (C=O) groups excluding carboxylic acids is 1. The van der Waals surface area contributed by atoms with Crippen LogP contribution in [0, 0.1) is 11.3 Å². The number of piperazine rings is 1. The fraction of sp³-hybridized carbons (Fsp3) is 0.217. The summed E-state index contributed by atoms with van der Waals surface area (Å²) in [6.45, 7) is 3.74. The van der Waals surface area contributed by atoms with Crippen LogP contribution in [0.2, 0.25) is 5.02 Å². The molecule has 0 bridgehead atoms. The minimum atomic E-state index is -0.0803. The van der Waals surface area contributed by atoms with Crippen molar-refractivity contribution in [1.29, 1.82) is 5.26 Å². The predicted octanol–water partition coefficient (Wildman–Crippen LogP) is 4.43. The van der Waals surface area contributed by atoms with Gasteiger partial charge in [-0.2, -0.15) is 5.26 Å². The Hall–Kier alpha value is -3.07. The molecule has 1 saturated heterocycles. The highest BCUT2D eigenvalue weighted by Crippen LogP contribution is 2.24. The minimum absolute atomic E-state index is 0.0803. The van der Waals surface area contributed by atoms with Crippen molar-refractivity contribution in [2.75, 3.05) is 26.2 Å². The summed E-state index contributed by atoms with van der Waals surface area (Å²) in [7, 11) is 0. The second-order valence-corrected chi connectivity index (χ2v) is 7.48. The number of nitriles is 1. The number of halogens is 1. The molecule has 0 unspecified atom stereocenters. The highest BCUT2D eigenvalue weighted by Gasteiger charge is 2.24. The van der Waals surface area contributed by atoms with Crippen LogP contribution in [0.25, 0.3) is 11.3 Å². The summed E-state index contributed by atoms with van der Waals surface area (Å²) in [4.78, 5) is 16.9. The Morgan fingerprint density at radius 3 is 2.31 bits per heavy atom. The van der Waals surface area contributed by atoms with Gasteiger partial charge in [0.25, 0.3) is 5.91 Å². The van der Waals surface area contributed by atoms with Crippen LogP contribution in [0.15, 0.2) is 65.1 Å². The molecule has 0 spiro atoms. The van der Waals surface area contributed by atoms with Crippen LogP contribution >= 0.6 is 11.6 Å². The monoisotopic (exact) mass is 405 g/mol. The molecule has 1 fully saturated rings. The van der Waals surface area contributed by atoms with Crippen LogP contribution < -0.4 is 0 Å². The third kappa shape index (κ3) is 4.51. The summed E-state index contributed by atoms with van der Waals surface area (Å²) in [5.41, 5.74) is 2.73. The smallest absolute Gasteiger partial charge is 0.289 e. The molecule has 1 aromatic heterocycles. The van der Waals surface area contributed by atoms with Gasteiger partial charge in [-0.25, -0.2) is 0 Å². The van der Waals surface area contributed by atoms with Crippen molar-refractivity contribution in [1.82, 2.24) is 9.80 Å². The number of carbonyl (C=O) groups is 1. The molecule has 5 nitrogen and oxygen atoms in total. The lowest BCUT2D eigenvalue weighted by Crippen LogP contribution is -2.48. The van der Waals surface area contributed by atoms with Gasteiger partial charge in [-0.15, -0.1) is 0 Å². The zero-order chi connectivity index (χ0) is 20.2. The maximum absolute atomic E-state index is 12.8. The van der Waals surface area contributed by atoms with E-state index in [0.717, 1.165) is 25.2 Å². The van der Waals surface area contributed by atoms with Gasteiger partial charge in [0.15, 0.2) is 5.76 Å². The first-order valence-corrected chi connectivity index (χ1v) is 9.86. The molecule has 2 aromatic carbocycles. The maximum atomic E-state index is 12.8. The molecule has 4 rings (SSSR count). The van der Waals surface area contributed by atoms with Gasteiger partial charge in [-0.1, -0.05) is 23.7 Å². The average molecular weight is 406 g/mol. The van der Waals surface area contributed by atoms with E-state index in [-0.39, 0.29) is 5.91 Å². The molecule has 0 N–H and O–H groups in total. The number of benzene rings is 2. The molecule has 1 amide bonds. The average Bonchev–Trinajstić information content (AvgIpc) is 3.25. The number of nitrogens with zero attached hydrogens (tertiary/aromatic N) is 3. The Morgan fingerprint density at radius 2 is 1.66 bits per heavy atom. The van der Waals surface area contributed by atoms with Gasteiger partial charge in [0, 0.05) is 43.3 Å². The molecule has 3 aromatic rings. The Balaban J connectivity index is 1.34. The molecule has 6 heteroatoms. The lowest BCUT2D eigenvalue weighted by molar-refractivity contribution is 0.0598. The van der Waals surface area contributed by atoms with Gasteiger partial charge in [-0.3, -0.25) is 9.69 Å². The van der Waals surface area contributed by atoms with Crippen molar-refractivity contribution >= 4 is 17.5 Å². The number of hydrogen-bond acceptors (Lipinski definition) is 4. The van der Waals surface area contributed by atoms with Crippen molar-refractivity contribution in [3.63, 3.8) is 0 Å². The highest BCUT2D eigenvalue weighted by atomic mass is 35.5. The summed E-state index contributed by atoms with van der Waals surface area (Å²) in [6.07, 6.45) is 0. The van der Waals surface area contributed by atoms with Crippen molar-refractivity contribution in [2.45, 2.75) is 6.54 Å². The molecule has 29 heavy (non-hydrogen) atoms. The van der Waals surface area contributed by atoms with Crippen LogP contribution in [-0.2, 0) is 6.54 Å². The SMILES string of the molecule is N#Cc1ccc(CN2CCN(C(=O)c3ccc(-c4ccc(Cl)cc4)o3)CC2)cc1. The summed E-state index contributed by atoms with van der Waals surface area (Å²) >= 11 is 5.92.